The van der Waals surface area contributed by atoms with Gasteiger partial charge in [-0.1, -0.05) is 39.0 Å². The third-order valence-electron chi connectivity index (χ3n) is 2.25. The second-order valence-electron chi connectivity index (χ2n) is 3.78. The summed E-state index contributed by atoms with van der Waals surface area (Å²) in [6.45, 7) is 5.51. The van der Waals surface area contributed by atoms with E-state index in [-0.39, 0.29) is 0 Å². The SMILES string of the molecule is CCCCCCCCNC(C)CCl. The Labute approximate surface area is 88.2 Å². The van der Waals surface area contributed by atoms with Crippen LogP contribution in [0.1, 0.15) is 52.4 Å². The lowest BCUT2D eigenvalue weighted by Gasteiger charge is -2.09. The van der Waals surface area contributed by atoms with Gasteiger partial charge in [0.15, 0.2) is 0 Å². The molecular weight excluding hydrogens is 182 g/mol. The number of alkyl halides is 1. The van der Waals surface area contributed by atoms with Gasteiger partial charge in [0.25, 0.3) is 0 Å². The number of rotatable bonds is 9. The summed E-state index contributed by atoms with van der Waals surface area (Å²) < 4.78 is 0. The Morgan fingerprint density at radius 1 is 1.08 bits per heavy atom. The molecule has 1 N–H and O–H groups in total. The third-order valence-corrected chi connectivity index (χ3v) is 2.72. The molecule has 0 aromatic carbocycles. The highest BCUT2D eigenvalue weighted by Gasteiger charge is 1.96. The van der Waals surface area contributed by atoms with Crippen molar-refractivity contribution in [2.45, 2.75) is 58.4 Å². The zero-order valence-corrected chi connectivity index (χ0v) is 9.87. The Balaban J connectivity index is 2.91. The van der Waals surface area contributed by atoms with Crippen LogP contribution >= 0.6 is 11.6 Å². The van der Waals surface area contributed by atoms with E-state index in [1.807, 2.05) is 0 Å². The Hall–Kier alpha value is 0.250. The van der Waals surface area contributed by atoms with Crippen molar-refractivity contribution in [2.75, 3.05) is 12.4 Å². The lowest BCUT2D eigenvalue weighted by molar-refractivity contribution is 0.537. The van der Waals surface area contributed by atoms with Crippen LogP contribution in [0, 0.1) is 0 Å². The largest absolute Gasteiger partial charge is 0.313 e. The first-order valence-corrected chi connectivity index (χ1v) is 6.14. The Morgan fingerprint density at radius 3 is 2.31 bits per heavy atom. The van der Waals surface area contributed by atoms with Crippen LogP contribution in [0.3, 0.4) is 0 Å². The molecule has 1 nitrogen and oxygen atoms in total. The Kier molecular flexibility index (Phi) is 10.5. The van der Waals surface area contributed by atoms with Crippen LogP contribution in [0.2, 0.25) is 0 Å². The van der Waals surface area contributed by atoms with E-state index in [4.69, 9.17) is 11.6 Å². The summed E-state index contributed by atoms with van der Waals surface area (Å²) in [7, 11) is 0. The van der Waals surface area contributed by atoms with Gasteiger partial charge in [-0.3, -0.25) is 0 Å². The first kappa shape index (κ1) is 13.2. The summed E-state index contributed by atoms with van der Waals surface area (Å²) in [4.78, 5) is 0. The van der Waals surface area contributed by atoms with Crippen LogP contribution in [-0.2, 0) is 0 Å². The molecule has 2 heteroatoms. The minimum absolute atomic E-state index is 0.470. The van der Waals surface area contributed by atoms with Crippen LogP contribution in [0.5, 0.6) is 0 Å². The Morgan fingerprint density at radius 2 is 1.69 bits per heavy atom. The van der Waals surface area contributed by atoms with Crippen molar-refractivity contribution in [1.29, 1.82) is 0 Å². The zero-order chi connectivity index (χ0) is 9.94. The molecule has 13 heavy (non-hydrogen) atoms. The van der Waals surface area contributed by atoms with Crippen LogP contribution in [0.15, 0.2) is 0 Å². The second kappa shape index (κ2) is 10.3. The van der Waals surface area contributed by atoms with Crippen molar-refractivity contribution in [3.05, 3.63) is 0 Å². The molecule has 0 heterocycles. The van der Waals surface area contributed by atoms with Crippen molar-refractivity contribution < 1.29 is 0 Å². The van der Waals surface area contributed by atoms with Gasteiger partial charge in [-0.2, -0.15) is 0 Å². The maximum Gasteiger partial charge on any atom is 0.0374 e. The van der Waals surface area contributed by atoms with E-state index in [2.05, 4.69) is 19.2 Å². The second-order valence-corrected chi connectivity index (χ2v) is 4.09. The normalized spacial score (nSPS) is 13.2. The van der Waals surface area contributed by atoms with E-state index < -0.39 is 0 Å². The zero-order valence-electron chi connectivity index (χ0n) is 9.11. The maximum absolute atomic E-state index is 5.67. The third kappa shape index (κ3) is 10.2. The van der Waals surface area contributed by atoms with Crippen molar-refractivity contribution >= 4 is 11.6 Å². The Bertz CT molecular complexity index is 96.1. The topological polar surface area (TPSA) is 12.0 Å². The molecule has 0 amide bonds. The number of hydrogen-bond acceptors (Lipinski definition) is 1. The number of hydrogen-bond donors (Lipinski definition) is 1. The van der Waals surface area contributed by atoms with E-state index >= 15 is 0 Å². The lowest BCUT2D eigenvalue weighted by Crippen LogP contribution is -2.28. The molecule has 0 aromatic heterocycles. The molecule has 0 aliphatic rings. The van der Waals surface area contributed by atoms with Gasteiger partial charge < -0.3 is 5.32 Å². The average Bonchev–Trinajstić information content (AvgIpc) is 2.16. The van der Waals surface area contributed by atoms with Crippen LogP contribution < -0.4 is 5.32 Å². The quantitative estimate of drug-likeness (QED) is 0.449. The summed E-state index contributed by atoms with van der Waals surface area (Å²) in [5.41, 5.74) is 0. The van der Waals surface area contributed by atoms with E-state index in [0.717, 1.165) is 12.4 Å². The number of nitrogens with one attached hydrogen (secondary N) is 1. The maximum atomic E-state index is 5.67. The molecule has 0 saturated heterocycles. The molecule has 0 aromatic rings. The predicted molar refractivity (Wildman–Crippen MR) is 61.6 cm³/mol. The van der Waals surface area contributed by atoms with Crippen molar-refractivity contribution in [2.24, 2.45) is 0 Å². The van der Waals surface area contributed by atoms with Gasteiger partial charge in [0.05, 0.1) is 0 Å². The van der Waals surface area contributed by atoms with Crippen molar-refractivity contribution in [3.63, 3.8) is 0 Å². The van der Waals surface area contributed by atoms with E-state index in [9.17, 15) is 0 Å². The fourth-order valence-corrected chi connectivity index (χ4v) is 1.42. The van der Waals surface area contributed by atoms with Crippen LogP contribution in [0.4, 0.5) is 0 Å². The molecule has 0 aliphatic heterocycles. The molecule has 1 atom stereocenters. The molecule has 0 rings (SSSR count). The standard InChI is InChI=1S/C11H24ClN/c1-3-4-5-6-7-8-9-13-11(2)10-12/h11,13H,3-10H2,1-2H3. The number of halogens is 1. The molecule has 0 saturated carbocycles. The van der Waals surface area contributed by atoms with Gasteiger partial charge >= 0.3 is 0 Å². The summed E-state index contributed by atoms with van der Waals surface area (Å²) in [5.74, 6) is 0.718. The van der Waals surface area contributed by atoms with Crippen molar-refractivity contribution in [1.82, 2.24) is 5.32 Å². The minimum Gasteiger partial charge on any atom is -0.313 e. The fourth-order valence-electron chi connectivity index (χ4n) is 1.31. The summed E-state index contributed by atoms with van der Waals surface area (Å²) in [5, 5.41) is 3.39. The van der Waals surface area contributed by atoms with E-state index in [1.165, 1.54) is 38.5 Å². The molecule has 0 radical (unpaired) electrons. The summed E-state index contributed by atoms with van der Waals surface area (Å²) >= 11 is 5.67. The average molecular weight is 206 g/mol. The lowest BCUT2D eigenvalue weighted by atomic mass is 10.1. The van der Waals surface area contributed by atoms with Gasteiger partial charge in [-0.15, -0.1) is 11.6 Å². The van der Waals surface area contributed by atoms with E-state index in [1.54, 1.807) is 0 Å². The van der Waals surface area contributed by atoms with Crippen LogP contribution in [0.25, 0.3) is 0 Å². The molecule has 80 valence electrons. The highest BCUT2D eigenvalue weighted by molar-refractivity contribution is 6.18. The summed E-state index contributed by atoms with van der Waals surface area (Å²) in [6.07, 6.45) is 8.19. The highest BCUT2D eigenvalue weighted by Crippen LogP contribution is 2.04. The minimum atomic E-state index is 0.470. The number of unbranched alkanes of at least 4 members (excludes halogenated alkanes) is 5. The predicted octanol–water partition coefficient (Wildman–Crippen LogP) is 3.56. The summed E-state index contributed by atoms with van der Waals surface area (Å²) in [6, 6.07) is 0.470. The monoisotopic (exact) mass is 205 g/mol. The molecule has 0 fully saturated rings. The van der Waals surface area contributed by atoms with E-state index in [0.29, 0.717) is 6.04 Å². The van der Waals surface area contributed by atoms with Gasteiger partial charge in [-0.05, 0) is 19.9 Å². The van der Waals surface area contributed by atoms with Gasteiger partial charge in [0.1, 0.15) is 0 Å². The van der Waals surface area contributed by atoms with Gasteiger partial charge in [0.2, 0.25) is 0 Å². The fraction of sp³-hybridized carbons (Fsp3) is 1.00. The molecule has 0 spiro atoms. The smallest absolute Gasteiger partial charge is 0.0374 e. The first-order chi connectivity index (χ1) is 6.31. The van der Waals surface area contributed by atoms with Gasteiger partial charge in [-0.25, -0.2) is 0 Å². The highest BCUT2D eigenvalue weighted by atomic mass is 35.5. The molecular formula is C11H24ClN. The molecule has 0 aliphatic carbocycles. The van der Waals surface area contributed by atoms with Gasteiger partial charge in [0, 0.05) is 11.9 Å². The molecule has 0 bridgehead atoms. The van der Waals surface area contributed by atoms with Crippen LogP contribution in [-0.4, -0.2) is 18.5 Å². The molecule has 1 unspecified atom stereocenters. The first-order valence-electron chi connectivity index (χ1n) is 5.60. The van der Waals surface area contributed by atoms with Crippen molar-refractivity contribution in [3.8, 4) is 0 Å².